The Morgan fingerprint density at radius 1 is 1.15 bits per heavy atom. The van der Waals surface area contributed by atoms with Gasteiger partial charge in [-0.25, -0.2) is 0 Å². The number of aryl methyl sites for hydroxylation is 1. The van der Waals surface area contributed by atoms with Gasteiger partial charge in [-0.05, 0) is 79.7 Å². The number of esters is 1. The highest BCUT2D eigenvalue weighted by molar-refractivity contribution is 5.67. The van der Waals surface area contributed by atoms with Gasteiger partial charge in [0.15, 0.2) is 0 Å². The van der Waals surface area contributed by atoms with Crippen LogP contribution in [0.3, 0.4) is 0 Å². The first-order valence-electron chi connectivity index (χ1n) is 10.0. The van der Waals surface area contributed by atoms with E-state index in [1.807, 2.05) is 0 Å². The van der Waals surface area contributed by atoms with Crippen LogP contribution in [0.25, 0.3) is 0 Å². The Balaban J connectivity index is 1.56. The van der Waals surface area contributed by atoms with Gasteiger partial charge in [0, 0.05) is 17.8 Å². The molecule has 0 aromatic heterocycles. The quantitative estimate of drug-likeness (QED) is 0.567. The number of rotatable bonds is 2. The van der Waals surface area contributed by atoms with Crippen molar-refractivity contribution in [2.24, 2.45) is 16.7 Å². The van der Waals surface area contributed by atoms with E-state index >= 15 is 0 Å². The summed E-state index contributed by atoms with van der Waals surface area (Å²) in [5.74, 6) is 2.10. The van der Waals surface area contributed by atoms with E-state index in [-0.39, 0.29) is 22.4 Å². The van der Waals surface area contributed by atoms with Gasteiger partial charge < -0.3 is 9.47 Å². The highest BCUT2D eigenvalue weighted by Gasteiger charge is 2.73. The van der Waals surface area contributed by atoms with E-state index in [0.29, 0.717) is 11.8 Å². The first kappa shape index (κ1) is 16.4. The maximum absolute atomic E-state index is 11.8. The van der Waals surface area contributed by atoms with Gasteiger partial charge in [-0.1, -0.05) is 19.1 Å². The lowest BCUT2D eigenvalue weighted by Gasteiger charge is -2.56. The zero-order valence-electron chi connectivity index (χ0n) is 16.0. The number of carbonyl (C=O) groups is 1. The molecule has 2 bridgehead atoms. The molecule has 0 unspecified atom stereocenters. The summed E-state index contributed by atoms with van der Waals surface area (Å²) in [6, 6.07) is 6.66. The van der Waals surface area contributed by atoms with Gasteiger partial charge >= 0.3 is 5.97 Å². The number of fused-ring (bicyclic) bond motifs is 3. The van der Waals surface area contributed by atoms with Crippen LogP contribution in [0.4, 0.5) is 0 Å². The molecule has 0 saturated heterocycles. The third-order valence-electron chi connectivity index (χ3n) is 8.42. The minimum atomic E-state index is -0.371. The predicted octanol–water partition coefficient (Wildman–Crippen LogP) is 4.79. The average molecular weight is 352 g/mol. The normalized spacial score (nSPS) is 42.0. The van der Waals surface area contributed by atoms with E-state index in [1.165, 1.54) is 24.0 Å². The lowest BCUT2D eigenvalue weighted by atomic mass is 9.48. The summed E-state index contributed by atoms with van der Waals surface area (Å²) >= 11 is 0. The maximum Gasteiger partial charge on any atom is 0.303 e. The van der Waals surface area contributed by atoms with Crippen molar-refractivity contribution in [3.8, 4) is 5.75 Å². The molecule has 3 nitrogen and oxygen atoms in total. The van der Waals surface area contributed by atoms with E-state index in [0.717, 1.165) is 31.4 Å². The van der Waals surface area contributed by atoms with Crippen molar-refractivity contribution < 1.29 is 14.3 Å². The predicted molar refractivity (Wildman–Crippen MR) is 100 cm³/mol. The van der Waals surface area contributed by atoms with Crippen LogP contribution in [0.2, 0.25) is 0 Å². The smallest absolute Gasteiger partial charge is 0.303 e. The number of hydrogen-bond acceptors (Lipinski definition) is 3. The Kier molecular flexibility index (Phi) is 3.25. The van der Waals surface area contributed by atoms with Crippen molar-refractivity contribution in [3.05, 3.63) is 41.5 Å². The van der Waals surface area contributed by atoms with E-state index < -0.39 is 0 Å². The minimum Gasteiger partial charge on any atom is -0.497 e. The number of hydrogen-bond donors (Lipinski definition) is 0. The summed E-state index contributed by atoms with van der Waals surface area (Å²) in [6.07, 6.45) is 11.5. The molecule has 0 spiro atoms. The number of allylic oxidation sites excluding steroid dienone is 1. The largest absolute Gasteiger partial charge is 0.497 e. The molecule has 4 aliphatic rings. The van der Waals surface area contributed by atoms with Gasteiger partial charge in [-0.2, -0.15) is 0 Å². The van der Waals surface area contributed by atoms with Crippen LogP contribution in [0.5, 0.6) is 5.75 Å². The van der Waals surface area contributed by atoms with Crippen LogP contribution < -0.4 is 4.74 Å². The van der Waals surface area contributed by atoms with Crippen molar-refractivity contribution in [2.45, 2.75) is 63.9 Å². The fraction of sp³-hybridized carbons (Fsp3) is 0.609. The second-order valence-electron chi connectivity index (χ2n) is 9.04. The van der Waals surface area contributed by atoms with Gasteiger partial charge in [0.1, 0.15) is 11.4 Å². The monoisotopic (exact) mass is 352 g/mol. The Hall–Kier alpha value is -1.77. The lowest BCUT2D eigenvalue weighted by molar-refractivity contribution is -0.168. The number of methoxy groups -OCH3 is 1. The molecule has 26 heavy (non-hydrogen) atoms. The fourth-order valence-electron chi connectivity index (χ4n) is 7.21. The van der Waals surface area contributed by atoms with Crippen molar-refractivity contribution in [1.29, 1.82) is 0 Å². The van der Waals surface area contributed by atoms with Crippen LogP contribution in [0.15, 0.2) is 30.4 Å². The molecule has 0 amide bonds. The molecular formula is C23H28O3. The van der Waals surface area contributed by atoms with Crippen molar-refractivity contribution in [1.82, 2.24) is 0 Å². The highest BCUT2D eigenvalue weighted by Crippen LogP contribution is 2.75. The molecule has 5 rings (SSSR count). The minimum absolute atomic E-state index is 0.0524. The molecular weight excluding hydrogens is 324 g/mol. The Morgan fingerprint density at radius 3 is 2.69 bits per heavy atom. The van der Waals surface area contributed by atoms with Crippen molar-refractivity contribution >= 4 is 5.97 Å². The standard InChI is InChI=1S/C23H28O3/c1-15(24)26-23-12-10-22(11-13-23)20-7-4-16-14-17(25-3)5-6-18(16)19(20)8-9-21(22,23)2/h5-6,10,12,14,19-20H,4,7-9,11,13H2,1-3H3/t19-,20-,21+,22-,23+/m1/s1. The summed E-state index contributed by atoms with van der Waals surface area (Å²) in [7, 11) is 1.74. The zero-order valence-corrected chi connectivity index (χ0v) is 16.0. The van der Waals surface area contributed by atoms with Gasteiger partial charge in [-0.3, -0.25) is 4.79 Å². The van der Waals surface area contributed by atoms with Crippen LogP contribution in [-0.2, 0) is 16.0 Å². The molecule has 2 saturated carbocycles. The van der Waals surface area contributed by atoms with Crippen LogP contribution in [0, 0.1) is 16.7 Å². The SMILES string of the molecule is COc1ccc2c(c1)CC[C@@H]1[C@@H]2CC[C@]2(C)[C@]3(OC(C)=O)C=C[C@@]12CC3. The summed E-state index contributed by atoms with van der Waals surface area (Å²) in [5, 5.41) is 0. The fourth-order valence-corrected chi connectivity index (χ4v) is 7.21. The summed E-state index contributed by atoms with van der Waals surface area (Å²) in [5.41, 5.74) is 2.87. The molecule has 0 radical (unpaired) electrons. The Morgan fingerprint density at radius 2 is 2.00 bits per heavy atom. The van der Waals surface area contributed by atoms with Crippen LogP contribution in [-0.4, -0.2) is 18.7 Å². The van der Waals surface area contributed by atoms with Crippen LogP contribution >= 0.6 is 0 Å². The summed E-state index contributed by atoms with van der Waals surface area (Å²) < 4.78 is 11.4. The van der Waals surface area contributed by atoms with Gasteiger partial charge in [0.25, 0.3) is 0 Å². The van der Waals surface area contributed by atoms with E-state index in [9.17, 15) is 4.79 Å². The van der Waals surface area contributed by atoms with Gasteiger partial charge in [0.2, 0.25) is 0 Å². The molecule has 0 heterocycles. The average Bonchev–Trinajstić information content (AvgIpc) is 3.03. The van der Waals surface area contributed by atoms with E-state index in [4.69, 9.17) is 9.47 Å². The summed E-state index contributed by atoms with van der Waals surface area (Å²) in [4.78, 5) is 11.8. The van der Waals surface area contributed by atoms with Crippen molar-refractivity contribution in [2.75, 3.05) is 7.11 Å². The summed E-state index contributed by atoms with van der Waals surface area (Å²) in [6.45, 7) is 3.95. The zero-order chi connectivity index (χ0) is 18.2. The maximum atomic E-state index is 11.8. The Labute approximate surface area is 155 Å². The number of ether oxygens (including phenoxy) is 2. The molecule has 138 valence electrons. The number of carbonyl (C=O) groups excluding carboxylic acids is 1. The molecule has 2 fully saturated rings. The molecule has 4 aliphatic carbocycles. The van der Waals surface area contributed by atoms with E-state index in [2.05, 4.69) is 37.3 Å². The van der Waals surface area contributed by atoms with Gasteiger partial charge in [0.05, 0.1) is 7.11 Å². The molecule has 0 N–H and O–H groups in total. The molecule has 3 heteroatoms. The second kappa shape index (κ2) is 5.15. The lowest BCUT2D eigenvalue weighted by Crippen LogP contribution is -2.53. The van der Waals surface area contributed by atoms with Crippen LogP contribution in [0.1, 0.15) is 63.0 Å². The van der Waals surface area contributed by atoms with E-state index in [1.54, 1.807) is 14.0 Å². The van der Waals surface area contributed by atoms with Crippen molar-refractivity contribution in [3.63, 3.8) is 0 Å². The third-order valence-corrected chi connectivity index (χ3v) is 8.42. The van der Waals surface area contributed by atoms with Gasteiger partial charge in [-0.15, -0.1) is 0 Å². The molecule has 1 aromatic carbocycles. The second-order valence-corrected chi connectivity index (χ2v) is 9.04. The highest BCUT2D eigenvalue weighted by atomic mass is 16.6. The topological polar surface area (TPSA) is 35.5 Å². The third kappa shape index (κ3) is 1.77. The Bertz CT molecular complexity index is 812. The number of benzene rings is 1. The molecule has 1 aromatic rings. The first-order valence-corrected chi connectivity index (χ1v) is 10.0. The molecule has 5 atom stereocenters. The first-order chi connectivity index (χ1) is 12.4. The molecule has 0 aliphatic heterocycles.